The van der Waals surface area contributed by atoms with Crippen LogP contribution in [0.5, 0.6) is 0 Å². The highest BCUT2D eigenvalue weighted by Gasteiger charge is 2.24. The number of carbonyl (C=O) groups excluding carboxylic acids is 2. The smallest absolute Gasteiger partial charge is 0.271 e. The lowest BCUT2D eigenvalue weighted by Gasteiger charge is -2.22. The number of hydrogen-bond acceptors (Lipinski definition) is 6. The maximum atomic E-state index is 12.5. The first-order valence-electron chi connectivity index (χ1n) is 8.06. The number of nitrogens with one attached hydrogen (secondary N) is 2. The summed E-state index contributed by atoms with van der Waals surface area (Å²) in [4.78, 5) is 34.2. The lowest BCUT2D eigenvalue weighted by Crippen LogP contribution is -2.36. The zero-order valence-corrected chi connectivity index (χ0v) is 13.9. The van der Waals surface area contributed by atoms with Gasteiger partial charge in [0.1, 0.15) is 11.4 Å². The fourth-order valence-corrected chi connectivity index (χ4v) is 2.73. The molecule has 2 amide bonds. The Morgan fingerprint density at radius 1 is 1.40 bits per heavy atom. The molecule has 0 radical (unpaired) electrons. The Labute approximate surface area is 144 Å². The maximum absolute atomic E-state index is 12.5. The van der Waals surface area contributed by atoms with Gasteiger partial charge < -0.3 is 15.0 Å². The fraction of sp³-hybridized carbons (Fsp3) is 0.438. The molecule has 0 aliphatic carbocycles. The number of aromatic amines is 1. The highest BCUT2D eigenvalue weighted by atomic mass is 16.5. The summed E-state index contributed by atoms with van der Waals surface area (Å²) < 4.78 is 5.62. The van der Waals surface area contributed by atoms with Crippen molar-refractivity contribution in [2.24, 2.45) is 5.92 Å². The maximum Gasteiger partial charge on any atom is 0.271 e. The number of amides is 2. The predicted molar refractivity (Wildman–Crippen MR) is 87.9 cm³/mol. The minimum atomic E-state index is -0.270. The van der Waals surface area contributed by atoms with Crippen molar-refractivity contribution in [2.75, 3.05) is 33.4 Å². The second-order valence-electron chi connectivity index (χ2n) is 5.84. The molecule has 0 aromatic carbocycles. The quantitative estimate of drug-likeness (QED) is 0.800. The number of nitrogens with zero attached hydrogens (tertiary/aromatic N) is 4. The van der Waals surface area contributed by atoms with Crippen molar-refractivity contribution in [3.8, 4) is 0 Å². The van der Waals surface area contributed by atoms with Crippen molar-refractivity contribution in [3.05, 3.63) is 41.7 Å². The van der Waals surface area contributed by atoms with E-state index in [1.54, 1.807) is 30.4 Å². The summed E-state index contributed by atoms with van der Waals surface area (Å²) >= 11 is 0. The molecule has 132 valence electrons. The van der Waals surface area contributed by atoms with Gasteiger partial charge in [0.2, 0.25) is 0 Å². The van der Waals surface area contributed by atoms with E-state index in [0.29, 0.717) is 38.4 Å². The van der Waals surface area contributed by atoms with E-state index in [1.807, 2.05) is 0 Å². The SMILES string of the molecule is CNC(=O)c1cnc(CC2COCCN(C(=O)c3ccn[nH]3)C2)cn1. The van der Waals surface area contributed by atoms with Crippen LogP contribution in [0.1, 0.15) is 26.7 Å². The summed E-state index contributed by atoms with van der Waals surface area (Å²) in [5.41, 5.74) is 1.51. The Morgan fingerprint density at radius 2 is 2.28 bits per heavy atom. The molecule has 9 nitrogen and oxygen atoms in total. The first kappa shape index (κ1) is 17.0. The highest BCUT2D eigenvalue weighted by Crippen LogP contribution is 2.14. The van der Waals surface area contributed by atoms with Gasteiger partial charge >= 0.3 is 0 Å². The zero-order chi connectivity index (χ0) is 17.6. The largest absolute Gasteiger partial charge is 0.379 e. The number of ether oxygens (including phenoxy) is 1. The molecule has 1 unspecified atom stereocenters. The van der Waals surface area contributed by atoms with Crippen LogP contribution in [-0.2, 0) is 11.2 Å². The van der Waals surface area contributed by atoms with E-state index in [4.69, 9.17) is 4.74 Å². The fourth-order valence-electron chi connectivity index (χ4n) is 2.73. The van der Waals surface area contributed by atoms with Crippen LogP contribution in [0.15, 0.2) is 24.7 Å². The van der Waals surface area contributed by atoms with Crippen molar-refractivity contribution in [3.63, 3.8) is 0 Å². The van der Waals surface area contributed by atoms with E-state index in [-0.39, 0.29) is 23.4 Å². The van der Waals surface area contributed by atoms with Crippen molar-refractivity contribution in [2.45, 2.75) is 6.42 Å². The molecule has 1 aliphatic heterocycles. The Balaban J connectivity index is 1.65. The van der Waals surface area contributed by atoms with Gasteiger partial charge in [0.05, 0.1) is 25.1 Å². The van der Waals surface area contributed by atoms with Crippen LogP contribution in [0, 0.1) is 5.92 Å². The van der Waals surface area contributed by atoms with E-state index in [1.165, 1.54) is 6.20 Å². The summed E-state index contributed by atoms with van der Waals surface area (Å²) in [5.74, 6) is -0.253. The third-order valence-electron chi connectivity index (χ3n) is 4.02. The minimum absolute atomic E-state index is 0.0888. The third kappa shape index (κ3) is 4.18. The van der Waals surface area contributed by atoms with Crippen LogP contribution < -0.4 is 5.32 Å². The molecule has 2 aromatic rings. The molecule has 9 heteroatoms. The molecule has 1 fully saturated rings. The van der Waals surface area contributed by atoms with Crippen molar-refractivity contribution in [1.82, 2.24) is 30.4 Å². The predicted octanol–water partition coefficient (Wildman–Crippen LogP) is -0.109. The van der Waals surface area contributed by atoms with E-state index in [2.05, 4.69) is 25.5 Å². The number of H-pyrrole nitrogens is 1. The molecule has 1 aliphatic rings. The molecule has 25 heavy (non-hydrogen) atoms. The van der Waals surface area contributed by atoms with Crippen molar-refractivity contribution >= 4 is 11.8 Å². The van der Waals surface area contributed by atoms with Crippen LogP contribution in [-0.4, -0.2) is 70.2 Å². The summed E-state index contributed by atoms with van der Waals surface area (Å²) in [5, 5.41) is 9.03. The standard InChI is InChI=1S/C16H20N6O3/c1-17-15(23)14-8-18-12(7-19-14)6-11-9-22(4-5-25-10-11)16(24)13-2-3-20-21-13/h2-3,7-8,11H,4-6,9-10H2,1H3,(H,17,23)(H,20,21). The van der Waals surface area contributed by atoms with Crippen LogP contribution in [0.3, 0.4) is 0 Å². The van der Waals surface area contributed by atoms with E-state index in [0.717, 1.165) is 5.69 Å². The normalized spacial score (nSPS) is 17.8. The van der Waals surface area contributed by atoms with Gasteiger partial charge in [-0.3, -0.25) is 19.7 Å². The summed E-state index contributed by atoms with van der Waals surface area (Å²) in [7, 11) is 1.55. The summed E-state index contributed by atoms with van der Waals surface area (Å²) in [6.45, 7) is 2.15. The molecule has 1 saturated heterocycles. The number of carbonyl (C=O) groups is 2. The number of aromatic nitrogens is 4. The van der Waals surface area contributed by atoms with Gasteiger partial charge in [-0.25, -0.2) is 4.98 Å². The molecule has 1 atom stereocenters. The first-order valence-corrected chi connectivity index (χ1v) is 8.06. The molecule has 0 spiro atoms. The molecule has 0 saturated carbocycles. The first-order chi connectivity index (χ1) is 12.2. The van der Waals surface area contributed by atoms with E-state index in [9.17, 15) is 9.59 Å². The topological polar surface area (TPSA) is 113 Å². The number of hydrogen-bond donors (Lipinski definition) is 2. The lowest BCUT2D eigenvalue weighted by molar-refractivity contribution is 0.0731. The monoisotopic (exact) mass is 344 g/mol. The highest BCUT2D eigenvalue weighted by molar-refractivity contribution is 5.92. The lowest BCUT2D eigenvalue weighted by atomic mass is 10.0. The molecule has 2 N–H and O–H groups in total. The Bertz CT molecular complexity index is 716. The van der Waals surface area contributed by atoms with Crippen LogP contribution in [0.25, 0.3) is 0 Å². The third-order valence-corrected chi connectivity index (χ3v) is 4.02. The number of rotatable bonds is 4. The molecule has 0 bridgehead atoms. The van der Waals surface area contributed by atoms with Gasteiger partial charge in [0, 0.05) is 38.4 Å². The molecule has 3 rings (SSSR count). The Morgan fingerprint density at radius 3 is 2.96 bits per heavy atom. The average molecular weight is 344 g/mol. The average Bonchev–Trinajstić information content (AvgIpc) is 3.08. The van der Waals surface area contributed by atoms with Gasteiger partial charge in [-0.2, -0.15) is 5.10 Å². The van der Waals surface area contributed by atoms with Gasteiger partial charge in [-0.05, 0) is 12.5 Å². The minimum Gasteiger partial charge on any atom is -0.379 e. The van der Waals surface area contributed by atoms with E-state index < -0.39 is 0 Å². The molecular formula is C16H20N6O3. The molecule has 2 aromatic heterocycles. The van der Waals surface area contributed by atoms with Gasteiger partial charge in [0.25, 0.3) is 11.8 Å². The van der Waals surface area contributed by atoms with Gasteiger partial charge in [-0.1, -0.05) is 0 Å². The van der Waals surface area contributed by atoms with Crippen LogP contribution in [0.2, 0.25) is 0 Å². The second-order valence-corrected chi connectivity index (χ2v) is 5.84. The van der Waals surface area contributed by atoms with E-state index >= 15 is 0 Å². The van der Waals surface area contributed by atoms with Crippen molar-refractivity contribution < 1.29 is 14.3 Å². The van der Waals surface area contributed by atoms with Crippen molar-refractivity contribution in [1.29, 1.82) is 0 Å². The van der Waals surface area contributed by atoms with Gasteiger partial charge in [0.15, 0.2) is 0 Å². The molecular weight excluding hydrogens is 324 g/mol. The van der Waals surface area contributed by atoms with Gasteiger partial charge in [-0.15, -0.1) is 0 Å². The summed E-state index contributed by atoms with van der Waals surface area (Å²) in [6, 6.07) is 1.66. The Hall–Kier alpha value is -2.81. The molecule has 3 heterocycles. The second kappa shape index (κ2) is 7.84. The Kier molecular flexibility index (Phi) is 5.34. The van der Waals surface area contributed by atoms with Crippen LogP contribution in [0.4, 0.5) is 0 Å². The zero-order valence-electron chi connectivity index (χ0n) is 13.9. The summed E-state index contributed by atoms with van der Waals surface area (Å²) in [6.07, 6.45) is 5.23. The van der Waals surface area contributed by atoms with Crippen LogP contribution >= 0.6 is 0 Å².